The van der Waals surface area contributed by atoms with Crippen molar-refractivity contribution in [2.45, 2.75) is 0 Å². The van der Waals surface area contributed by atoms with Crippen LogP contribution in [0, 0.1) is 0 Å². The molecule has 2 rings (SSSR count). The molecule has 0 aromatic heterocycles. The smallest absolute Gasteiger partial charge is 0.161 e. The Morgan fingerprint density at radius 3 is 2.38 bits per heavy atom. The van der Waals surface area contributed by atoms with Gasteiger partial charge in [-0.3, -0.25) is 4.90 Å². The van der Waals surface area contributed by atoms with Gasteiger partial charge >= 0.3 is 0 Å². The molecule has 0 saturated carbocycles. The van der Waals surface area contributed by atoms with Gasteiger partial charge in [-0.15, -0.1) is 0 Å². The lowest BCUT2D eigenvalue weighted by Gasteiger charge is -2.32. The summed E-state index contributed by atoms with van der Waals surface area (Å²) in [5.41, 5.74) is 0. The van der Waals surface area contributed by atoms with E-state index in [9.17, 15) is 0 Å². The van der Waals surface area contributed by atoms with Crippen molar-refractivity contribution in [3.05, 3.63) is 24.3 Å². The number of benzene rings is 1. The molecule has 0 atom stereocenters. The van der Waals surface area contributed by atoms with Crippen molar-refractivity contribution in [1.82, 2.24) is 9.80 Å². The van der Waals surface area contributed by atoms with E-state index in [1.165, 1.54) is 0 Å². The van der Waals surface area contributed by atoms with Crippen molar-refractivity contribution in [2.75, 3.05) is 66.7 Å². The topological polar surface area (TPSA) is 34.2 Å². The highest BCUT2D eigenvalue weighted by Crippen LogP contribution is 2.25. The molecule has 21 heavy (non-hydrogen) atoms. The Kier molecular flexibility index (Phi) is 6.79. The predicted octanol–water partition coefficient (Wildman–Crippen LogP) is 1.34. The summed E-state index contributed by atoms with van der Waals surface area (Å²) in [6, 6.07) is 7.66. The maximum Gasteiger partial charge on any atom is 0.161 e. The average molecular weight is 294 g/mol. The lowest BCUT2D eigenvalue weighted by molar-refractivity contribution is 0.0653. The number of likely N-dealkylation sites (N-methyl/N-ethyl adjacent to an activating group) is 1. The molecule has 0 spiro atoms. The zero-order valence-corrected chi connectivity index (χ0v) is 13.1. The van der Waals surface area contributed by atoms with Gasteiger partial charge in [0.05, 0.1) is 20.3 Å². The predicted molar refractivity (Wildman–Crippen MR) is 83.2 cm³/mol. The minimum Gasteiger partial charge on any atom is -0.493 e. The fraction of sp³-hybridized carbons (Fsp3) is 0.625. The van der Waals surface area contributed by atoms with Crippen LogP contribution < -0.4 is 9.47 Å². The minimum atomic E-state index is 0.545. The van der Waals surface area contributed by atoms with Crippen molar-refractivity contribution in [2.24, 2.45) is 0 Å². The molecule has 0 amide bonds. The van der Waals surface area contributed by atoms with E-state index in [1.807, 2.05) is 24.3 Å². The molecular weight excluding hydrogens is 268 g/mol. The summed E-state index contributed by atoms with van der Waals surface area (Å²) in [5.74, 6) is 1.53. The standard InChI is InChI=1S/C16H26N2O3/c1-17-7-9-18(10-8-17)11-12-20-13-14-21-16-6-4-3-5-15(16)19-2/h3-6H,7-14H2,1-2H3. The quantitative estimate of drug-likeness (QED) is 0.676. The third-order valence-corrected chi connectivity index (χ3v) is 3.70. The largest absolute Gasteiger partial charge is 0.493 e. The second kappa shape index (κ2) is 8.87. The fourth-order valence-corrected chi connectivity index (χ4v) is 2.32. The maximum atomic E-state index is 5.66. The Hall–Kier alpha value is -1.30. The molecule has 1 saturated heterocycles. The third kappa shape index (κ3) is 5.53. The lowest BCUT2D eigenvalue weighted by atomic mass is 10.3. The molecule has 0 unspecified atom stereocenters. The second-order valence-corrected chi connectivity index (χ2v) is 5.26. The number of piperazine rings is 1. The highest BCUT2D eigenvalue weighted by molar-refractivity contribution is 5.39. The van der Waals surface area contributed by atoms with Crippen LogP contribution >= 0.6 is 0 Å². The van der Waals surface area contributed by atoms with E-state index in [2.05, 4.69) is 16.8 Å². The molecule has 1 aliphatic rings. The first kappa shape index (κ1) is 16.1. The Bertz CT molecular complexity index is 406. The van der Waals surface area contributed by atoms with Crippen molar-refractivity contribution in [3.8, 4) is 11.5 Å². The number of rotatable bonds is 8. The van der Waals surface area contributed by atoms with Crippen LogP contribution in [0.4, 0.5) is 0 Å². The highest BCUT2D eigenvalue weighted by Gasteiger charge is 2.12. The molecule has 5 nitrogen and oxygen atoms in total. The number of hydrogen-bond donors (Lipinski definition) is 0. The Balaban J connectivity index is 1.54. The van der Waals surface area contributed by atoms with E-state index in [0.29, 0.717) is 13.2 Å². The van der Waals surface area contributed by atoms with Crippen LogP contribution in [0.3, 0.4) is 0 Å². The first-order chi connectivity index (χ1) is 10.3. The molecule has 118 valence electrons. The first-order valence-corrected chi connectivity index (χ1v) is 7.54. The Morgan fingerprint density at radius 1 is 0.952 bits per heavy atom. The van der Waals surface area contributed by atoms with Crippen LogP contribution in [0.25, 0.3) is 0 Å². The summed E-state index contributed by atoms with van der Waals surface area (Å²) < 4.78 is 16.5. The zero-order valence-electron chi connectivity index (χ0n) is 13.1. The summed E-state index contributed by atoms with van der Waals surface area (Å²) in [6.07, 6.45) is 0. The van der Waals surface area contributed by atoms with Gasteiger partial charge in [0.2, 0.25) is 0 Å². The molecule has 0 N–H and O–H groups in total. The number of ether oxygens (including phenoxy) is 3. The van der Waals surface area contributed by atoms with E-state index in [1.54, 1.807) is 7.11 Å². The van der Waals surface area contributed by atoms with Gasteiger partial charge in [0.1, 0.15) is 6.61 Å². The lowest BCUT2D eigenvalue weighted by Crippen LogP contribution is -2.45. The molecule has 0 radical (unpaired) electrons. The summed E-state index contributed by atoms with van der Waals surface area (Å²) in [6.45, 7) is 7.49. The Labute approximate surface area is 127 Å². The van der Waals surface area contributed by atoms with E-state index in [-0.39, 0.29) is 0 Å². The van der Waals surface area contributed by atoms with Crippen LogP contribution in [-0.4, -0.2) is 76.5 Å². The molecule has 1 fully saturated rings. The third-order valence-electron chi connectivity index (χ3n) is 3.70. The van der Waals surface area contributed by atoms with Gasteiger partial charge in [0.15, 0.2) is 11.5 Å². The van der Waals surface area contributed by atoms with Gasteiger partial charge in [0, 0.05) is 32.7 Å². The molecule has 1 aromatic rings. The van der Waals surface area contributed by atoms with Crippen molar-refractivity contribution < 1.29 is 14.2 Å². The highest BCUT2D eigenvalue weighted by atomic mass is 16.5. The molecule has 0 aliphatic carbocycles. The summed E-state index contributed by atoms with van der Waals surface area (Å²) in [5, 5.41) is 0. The van der Waals surface area contributed by atoms with Crippen LogP contribution in [0.2, 0.25) is 0 Å². The number of para-hydroxylation sites is 2. The molecular formula is C16H26N2O3. The van der Waals surface area contributed by atoms with E-state index >= 15 is 0 Å². The second-order valence-electron chi connectivity index (χ2n) is 5.26. The molecule has 0 bridgehead atoms. The van der Waals surface area contributed by atoms with Crippen LogP contribution in [0.15, 0.2) is 24.3 Å². The molecule has 1 heterocycles. The number of nitrogens with zero attached hydrogens (tertiary/aromatic N) is 2. The molecule has 1 aliphatic heterocycles. The van der Waals surface area contributed by atoms with E-state index in [0.717, 1.165) is 50.8 Å². The monoisotopic (exact) mass is 294 g/mol. The van der Waals surface area contributed by atoms with Crippen LogP contribution in [0.1, 0.15) is 0 Å². The van der Waals surface area contributed by atoms with Gasteiger partial charge in [-0.25, -0.2) is 0 Å². The summed E-state index contributed by atoms with van der Waals surface area (Å²) >= 11 is 0. The van der Waals surface area contributed by atoms with Crippen LogP contribution in [0.5, 0.6) is 11.5 Å². The first-order valence-electron chi connectivity index (χ1n) is 7.54. The van der Waals surface area contributed by atoms with E-state index in [4.69, 9.17) is 14.2 Å². The number of methoxy groups -OCH3 is 1. The summed E-state index contributed by atoms with van der Waals surface area (Å²) in [7, 11) is 3.82. The van der Waals surface area contributed by atoms with Gasteiger partial charge < -0.3 is 19.1 Å². The van der Waals surface area contributed by atoms with Gasteiger partial charge in [-0.1, -0.05) is 12.1 Å². The SMILES string of the molecule is COc1ccccc1OCCOCCN1CCN(C)CC1. The van der Waals surface area contributed by atoms with Gasteiger partial charge in [-0.2, -0.15) is 0 Å². The normalized spacial score (nSPS) is 16.9. The fourth-order valence-electron chi connectivity index (χ4n) is 2.32. The average Bonchev–Trinajstić information content (AvgIpc) is 2.53. The van der Waals surface area contributed by atoms with Gasteiger partial charge in [0.25, 0.3) is 0 Å². The van der Waals surface area contributed by atoms with Gasteiger partial charge in [-0.05, 0) is 19.2 Å². The van der Waals surface area contributed by atoms with Crippen LogP contribution in [-0.2, 0) is 4.74 Å². The summed E-state index contributed by atoms with van der Waals surface area (Å²) in [4.78, 5) is 4.81. The zero-order chi connectivity index (χ0) is 14.9. The minimum absolute atomic E-state index is 0.545. The van der Waals surface area contributed by atoms with E-state index < -0.39 is 0 Å². The molecule has 1 aromatic carbocycles. The van der Waals surface area contributed by atoms with Crippen molar-refractivity contribution in [1.29, 1.82) is 0 Å². The van der Waals surface area contributed by atoms with Crippen molar-refractivity contribution in [3.63, 3.8) is 0 Å². The number of hydrogen-bond acceptors (Lipinski definition) is 5. The Morgan fingerprint density at radius 2 is 1.67 bits per heavy atom. The maximum absolute atomic E-state index is 5.66. The van der Waals surface area contributed by atoms with Crippen molar-refractivity contribution >= 4 is 0 Å². The molecule has 5 heteroatoms.